The molecule has 3 aromatic rings. The van der Waals surface area contributed by atoms with Crippen molar-refractivity contribution in [2.45, 2.75) is 13.5 Å². The van der Waals surface area contributed by atoms with E-state index in [9.17, 15) is 9.90 Å². The number of halogens is 1. The Hall–Kier alpha value is -3.28. The Balaban J connectivity index is 1.32. The number of Topliss-reactive ketones (excluding diaryl/α,β-unsaturated/α-hetero) is 1. The van der Waals surface area contributed by atoms with Crippen LogP contribution in [0.1, 0.15) is 27.0 Å². The lowest BCUT2D eigenvalue weighted by Crippen LogP contribution is -2.46. The summed E-state index contributed by atoms with van der Waals surface area (Å²) in [6, 6.07) is 19.0. The number of nitrogens with zero attached hydrogens (tertiary/aromatic N) is 2. The van der Waals surface area contributed by atoms with Crippen LogP contribution in [0.5, 0.6) is 11.5 Å². The van der Waals surface area contributed by atoms with Gasteiger partial charge in [0.05, 0.1) is 11.1 Å². The first-order valence-corrected chi connectivity index (χ1v) is 11.4. The first kappa shape index (κ1) is 21.6. The third-order valence-corrected chi connectivity index (χ3v) is 6.45. The molecule has 0 spiro atoms. The van der Waals surface area contributed by atoms with Crippen molar-refractivity contribution >= 4 is 29.1 Å². The molecule has 0 aliphatic carbocycles. The smallest absolute Gasteiger partial charge is 0.231 e. The number of anilines is 1. The fraction of sp³-hybridized carbons (Fsp3) is 0.222. The number of hydrogen-bond acceptors (Lipinski definition) is 5. The largest absolute Gasteiger partial charge is 0.507 e. The molecular weight excluding hydrogens is 436 g/mol. The van der Waals surface area contributed by atoms with Gasteiger partial charge in [0.2, 0.25) is 5.78 Å². The number of fused-ring (bicyclic) bond motifs is 1. The Bertz CT molecular complexity index is 1230. The molecule has 168 valence electrons. The third kappa shape index (κ3) is 4.47. The minimum absolute atomic E-state index is 0.149. The molecule has 2 aliphatic rings. The second kappa shape index (κ2) is 8.93. The monoisotopic (exact) mass is 460 g/mol. The van der Waals surface area contributed by atoms with Crippen molar-refractivity contribution in [3.63, 3.8) is 0 Å². The van der Waals surface area contributed by atoms with Gasteiger partial charge in [0.15, 0.2) is 5.76 Å². The van der Waals surface area contributed by atoms with Crippen molar-refractivity contribution in [3.05, 3.63) is 93.7 Å². The average Bonchev–Trinajstić information content (AvgIpc) is 3.13. The van der Waals surface area contributed by atoms with E-state index in [1.807, 2.05) is 49.4 Å². The van der Waals surface area contributed by atoms with Crippen molar-refractivity contribution < 1.29 is 14.6 Å². The van der Waals surface area contributed by atoms with Crippen molar-refractivity contribution in [2.24, 2.45) is 0 Å². The summed E-state index contributed by atoms with van der Waals surface area (Å²) >= 11 is 6.14. The molecule has 0 unspecified atom stereocenters. The number of carbonyl (C=O) groups is 1. The van der Waals surface area contributed by atoms with Gasteiger partial charge < -0.3 is 14.7 Å². The number of carbonyl (C=O) groups excluding carboxylic acids is 1. The molecule has 1 N–H and O–H groups in total. The number of phenolic OH excluding ortho intramolecular Hbond substituents is 1. The summed E-state index contributed by atoms with van der Waals surface area (Å²) < 4.78 is 6.01. The molecule has 0 amide bonds. The number of ether oxygens (including phenoxy) is 1. The Labute approximate surface area is 198 Å². The Morgan fingerprint density at radius 1 is 1.03 bits per heavy atom. The van der Waals surface area contributed by atoms with E-state index in [1.165, 1.54) is 0 Å². The standard InChI is InChI=1S/C27H25ClN2O3/c1-18-5-7-19(8-6-18)15-25-26(32)22-9-10-24(31)23(27(22)33-25)17-29-11-13-30(14-12-29)21-4-2-3-20(28)16-21/h2-10,15-16,31H,11-14,17H2,1H3/b25-15-. The van der Waals surface area contributed by atoms with Crippen LogP contribution in [0.3, 0.4) is 0 Å². The maximum Gasteiger partial charge on any atom is 0.231 e. The van der Waals surface area contributed by atoms with Crippen molar-refractivity contribution in [2.75, 3.05) is 31.1 Å². The molecule has 33 heavy (non-hydrogen) atoms. The van der Waals surface area contributed by atoms with Crippen LogP contribution >= 0.6 is 11.6 Å². The summed E-state index contributed by atoms with van der Waals surface area (Å²) in [6.45, 7) is 5.91. The predicted octanol–water partition coefficient (Wildman–Crippen LogP) is 5.29. The lowest BCUT2D eigenvalue weighted by atomic mass is 10.0. The molecule has 0 aromatic heterocycles. The number of piperazine rings is 1. The highest BCUT2D eigenvalue weighted by Gasteiger charge is 2.32. The fourth-order valence-corrected chi connectivity index (χ4v) is 4.51. The van der Waals surface area contributed by atoms with Crippen LogP contribution in [0.4, 0.5) is 5.69 Å². The summed E-state index contributed by atoms with van der Waals surface area (Å²) in [6.07, 6.45) is 1.76. The van der Waals surface area contributed by atoms with Gasteiger partial charge in [-0.05, 0) is 48.9 Å². The lowest BCUT2D eigenvalue weighted by Gasteiger charge is -2.36. The number of aromatic hydroxyl groups is 1. The number of phenols is 1. The highest BCUT2D eigenvalue weighted by molar-refractivity contribution is 6.30. The maximum atomic E-state index is 12.9. The summed E-state index contributed by atoms with van der Waals surface area (Å²) in [4.78, 5) is 17.5. The van der Waals surface area contributed by atoms with Crippen molar-refractivity contribution in [3.8, 4) is 11.5 Å². The van der Waals surface area contributed by atoms with Gasteiger partial charge in [-0.15, -0.1) is 0 Å². The van der Waals surface area contributed by atoms with E-state index in [0.717, 1.165) is 48.0 Å². The first-order valence-electron chi connectivity index (χ1n) is 11.1. The molecule has 3 aromatic carbocycles. The lowest BCUT2D eigenvalue weighted by molar-refractivity contribution is 0.101. The maximum absolute atomic E-state index is 12.9. The number of ketones is 1. The molecule has 1 fully saturated rings. The topological polar surface area (TPSA) is 53.0 Å². The van der Waals surface area contributed by atoms with Gasteiger partial charge in [-0.1, -0.05) is 47.5 Å². The zero-order valence-electron chi connectivity index (χ0n) is 18.4. The van der Waals surface area contributed by atoms with Crippen LogP contribution in [-0.4, -0.2) is 42.0 Å². The second-order valence-electron chi connectivity index (χ2n) is 8.53. The van der Waals surface area contributed by atoms with E-state index < -0.39 is 0 Å². The molecule has 0 atom stereocenters. The zero-order valence-corrected chi connectivity index (χ0v) is 19.2. The van der Waals surface area contributed by atoms with E-state index >= 15 is 0 Å². The van der Waals surface area contributed by atoms with E-state index in [-0.39, 0.29) is 17.3 Å². The quantitative estimate of drug-likeness (QED) is 0.536. The van der Waals surface area contributed by atoms with Crippen LogP contribution < -0.4 is 9.64 Å². The van der Waals surface area contributed by atoms with Crippen molar-refractivity contribution in [1.82, 2.24) is 4.90 Å². The summed E-state index contributed by atoms with van der Waals surface area (Å²) in [7, 11) is 0. The number of allylic oxidation sites excluding steroid dienone is 1. The van der Waals surface area contributed by atoms with E-state index in [2.05, 4.69) is 15.9 Å². The van der Waals surface area contributed by atoms with Crippen LogP contribution in [0, 0.1) is 6.92 Å². The SMILES string of the molecule is Cc1ccc(/C=C2\Oc3c(ccc(O)c3CN3CCN(c4cccc(Cl)c4)CC3)C2=O)cc1. The predicted molar refractivity (Wildman–Crippen MR) is 131 cm³/mol. The van der Waals surface area contributed by atoms with Crippen LogP contribution in [0.2, 0.25) is 5.02 Å². The Morgan fingerprint density at radius 2 is 1.79 bits per heavy atom. The summed E-state index contributed by atoms with van der Waals surface area (Å²) in [5.41, 5.74) is 4.33. The molecule has 0 radical (unpaired) electrons. The van der Waals surface area contributed by atoms with Gasteiger partial charge in [-0.3, -0.25) is 9.69 Å². The first-order chi connectivity index (χ1) is 16.0. The van der Waals surface area contributed by atoms with E-state index in [0.29, 0.717) is 23.4 Å². The molecule has 1 saturated heterocycles. The number of aryl methyl sites for hydroxylation is 1. The highest BCUT2D eigenvalue weighted by Crippen LogP contribution is 2.40. The van der Waals surface area contributed by atoms with Crippen LogP contribution in [0.15, 0.2) is 66.4 Å². The molecular formula is C27H25ClN2O3. The molecule has 6 heteroatoms. The van der Waals surface area contributed by atoms with Gasteiger partial charge >= 0.3 is 0 Å². The highest BCUT2D eigenvalue weighted by atomic mass is 35.5. The van der Waals surface area contributed by atoms with Gasteiger partial charge in [0.1, 0.15) is 11.5 Å². The van der Waals surface area contributed by atoms with Gasteiger partial charge in [0, 0.05) is 43.4 Å². The van der Waals surface area contributed by atoms with E-state index in [4.69, 9.17) is 16.3 Å². The number of hydrogen-bond donors (Lipinski definition) is 1. The van der Waals surface area contributed by atoms with Crippen molar-refractivity contribution in [1.29, 1.82) is 0 Å². The minimum Gasteiger partial charge on any atom is -0.507 e. The van der Waals surface area contributed by atoms with E-state index in [1.54, 1.807) is 18.2 Å². The normalized spacial score (nSPS) is 17.3. The van der Waals surface area contributed by atoms with Gasteiger partial charge in [0.25, 0.3) is 0 Å². The molecule has 2 heterocycles. The number of rotatable bonds is 4. The third-order valence-electron chi connectivity index (χ3n) is 6.22. The number of benzene rings is 3. The molecule has 5 nitrogen and oxygen atoms in total. The Kier molecular flexibility index (Phi) is 5.83. The molecule has 0 bridgehead atoms. The molecule has 5 rings (SSSR count). The zero-order chi connectivity index (χ0) is 22.9. The molecule has 0 saturated carbocycles. The summed E-state index contributed by atoms with van der Waals surface area (Å²) in [5, 5.41) is 11.3. The minimum atomic E-state index is -0.155. The van der Waals surface area contributed by atoms with Crippen LogP contribution in [0.25, 0.3) is 6.08 Å². The summed E-state index contributed by atoms with van der Waals surface area (Å²) in [5.74, 6) is 0.745. The second-order valence-corrected chi connectivity index (χ2v) is 8.97. The van der Waals surface area contributed by atoms with Crippen LogP contribution in [-0.2, 0) is 6.54 Å². The van der Waals surface area contributed by atoms with Gasteiger partial charge in [-0.2, -0.15) is 0 Å². The Morgan fingerprint density at radius 3 is 2.52 bits per heavy atom. The van der Waals surface area contributed by atoms with Gasteiger partial charge in [-0.25, -0.2) is 0 Å². The average molecular weight is 461 g/mol. The fourth-order valence-electron chi connectivity index (χ4n) is 4.32. The molecule has 2 aliphatic heterocycles.